The maximum atomic E-state index is 14.0. The molecule has 5 heteroatoms. The van der Waals surface area contributed by atoms with E-state index >= 15 is 0 Å². The normalized spacial score (nSPS) is 20.7. The van der Waals surface area contributed by atoms with Gasteiger partial charge >= 0.3 is 0 Å². The lowest BCUT2D eigenvalue weighted by atomic mass is 9.77. The van der Waals surface area contributed by atoms with Gasteiger partial charge in [-0.1, -0.05) is 60.6 Å². The molecule has 196 valence electrons. The molecular weight excluding hydrogens is 446 g/mol. The summed E-state index contributed by atoms with van der Waals surface area (Å²) < 4.78 is 7.10. The lowest BCUT2D eigenvalue weighted by Crippen LogP contribution is -2.60. The summed E-state index contributed by atoms with van der Waals surface area (Å²) in [4.78, 5) is 19.5. The maximum absolute atomic E-state index is 14.0. The van der Waals surface area contributed by atoms with Crippen molar-refractivity contribution in [2.45, 2.75) is 116 Å². The molecule has 1 aromatic carbocycles. The molecule has 36 heavy (non-hydrogen) atoms. The topological polar surface area (TPSA) is 65.9 Å². The lowest BCUT2D eigenvalue weighted by Gasteiger charge is -2.48. The number of hydrogen-bond acceptors (Lipinski definition) is 3. The molecule has 1 fully saturated rings. The summed E-state index contributed by atoms with van der Waals surface area (Å²) in [5, 5.41) is 0. The molecule has 0 amide bonds. The van der Waals surface area contributed by atoms with Crippen molar-refractivity contribution >= 4 is 11.5 Å². The molecule has 0 radical (unpaired) electrons. The van der Waals surface area contributed by atoms with E-state index in [0.717, 1.165) is 55.7 Å². The van der Waals surface area contributed by atoms with Crippen LogP contribution in [0.1, 0.15) is 111 Å². The number of carbonyl (C=O) groups is 1. The SMILES string of the molecule is CCCC(=O)C1(Oc2cc(C(C)(C)CC)ccc2C(C)(C)CC)CCCCN1C1=CCC(=[N+]=[N-])C=C1. The Hall–Kier alpha value is -2.65. The number of rotatable bonds is 10. The molecule has 0 spiro atoms. The first-order chi connectivity index (χ1) is 17.0. The largest absolute Gasteiger partial charge is 0.460 e. The summed E-state index contributed by atoms with van der Waals surface area (Å²) in [5.41, 5.74) is 12.0. The van der Waals surface area contributed by atoms with Crippen molar-refractivity contribution in [3.05, 3.63) is 58.8 Å². The van der Waals surface area contributed by atoms with E-state index < -0.39 is 5.72 Å². The number of allylic oxidation sites excluding steroid dienone is 3. The molecule has 1 aliphatic carbocycles. The number of hydrogen-bond donors (Lipinski definition) is 0. The Morgan fingerprint density at radius 1 is 1.08 bits per heavy atom. The van der Waals surface area contributed by atoms with Gasteiger partial charge in [0.15, 0.2) is 5.78 Å². The molecule has 5 nitrogen and oxygen atoms in total. The van der Waals surface area contributed by atoms with Crippen LogP contribution < -0.4 is 4.74 Å². The van der Waals surface area contributed by atoms with E-state index in [4.69, 9.17) is 4.74 Å². The molecule has 0 saturated carbocycles. The number of ketones is 1. The van der Waals surface area contributed by atoms with Gasteiger partial charge < -0.3 is 15.2 Å². The predicted octanol–water partition coefficient (Wildman–Crippen LogP) is 7.51. The molecule has 1 atom stereocenters. The zero-order valence-corrected chi connectivity index (χ0v) is 23.5. The van der Waals surface area contributed by atoms with Gasteiger partial charge in [-0.25, -0.2) is 0 Å². The Balaban J connectivity index is 2.19. The third kappa shape index (κ3) is 5.52. The third-order valence-corrected chi connectivity index (χ3v) is 8.44. The van der Waals surface area contributed by atoms with Crippen LogP contribution >= 0.6 is 0 Å². The molecule has 0 aromatic heterocycles. The van der Waals surface area contributed by atoms with E-state index in [0.29, 0.717) is 25.0 Å². The van der Waals surface area contributed by atoms with Crippen molar-refractivity contribution in [3.8, 4) is 5.75 Å². The van der Waals surface area contributed by atoms with Gasteiger partial charge in [-0.2, -0.15) is 4.79 Å². The Morgan fingerprint density at radius 3 is 2.39 bits per heavy atom. The Labute approximate surface area is 218 Å². The summed E-state index contributed by atoms with van der Waals surface area (Å²) in [6, 6.07) is 6.66. The number of Topliss-reactive ketones (excluding diaryl/α,β-unsaturated/α-hetero) is 1. The molecule has 1 aliphatic heterocycles. The van der Waals surface area contributed by atoms with Crippen LogP contribution in [0, 0.1) is 0 Å². The second kappa shape index (κ2) is 11.2. The first-order valence-electron chi connectivity index (χ1n) is 13.8. The van der Waals surface area contributed by atoms with Crippen molar-refractivity contribution < 1.29 is 14.3 Å². The first-order valence-corrected chi connectivity index (χ1v) is 13.8. The Morgan fingerprint density at radius 2 is 1.81 bits per heavy atom. The van der Waals surface area contributed by atoms with E-state index in [9.17, 15) is 10.3 Å². The molecule has 0 N–H and O–H groups in total. The second-order valence-electron chi connectivity index (χ2n) is 11.6. The van der Waals surface area contributed by atoms with Crippen molar-refractivity contribution in [3.63, 3.8) is 0 Å². The van der Waals surface area contributed by atoms with Crippen LogP contribution in [0.4, 0.5) is 0 Å². The van der Waals surface area contributed by atoms with Gasteiger partial charge in [-0.15, -0.1) is 0 Å². The van der Waals surface area contributed by atoms with E-state index in [1.165, 1.54) is 5.56 Å². The zero-order valence-electron chi connectivity index (χ0n) is 23.5. The fourth-order valence-electron chi connectivity index (χ4n) is 5.13. The summed E-state index contributed by atoms with van der Waals surface area (Å²) >= 11 is 0. The molecule has 1 heterocycles. The van der Waals surface area contributed by atoms with E-state index in [-0.39, 0.29) is 16.6 Å². The van der Waals surface area contributed by atoms with Crippen molar-refractivity contribution in [1.29, 1.82) is 0 Å². The Kier molecular flexibility index (Phi) is 8.67. The third-order valence-electron chi connectivity index (χ3n) is 8.44. The zero-order chi connectivity index (χ0) is 26.6. The summed E-state index contributed by atoms with van der Waals surface area (Å²) in [6.07, 6.45) is 12.2. The predicted molar refractivity (Wildman–Crippen MR) is 147 cm³/mol. The second-order valence-corrected chi connectivity index (χ2v) is 11.6. The molecule has 2 aliphatic rings. The quantitative estimate of drug-likeness (QED) is 0.251. The van der Waals surface area contributed by atoms with Crippen molar-refractivity contribution in [2.24, 2.45) is 0 Å². The minimum atomic E-state index is -1.05. The van der Waals surface area contributed by atoms with Crippen LogP contribution in [-0.2, 0) is 15.6 Å². The molecular formula is C31H45N3O2. The van der Waals surface area contributed by atoms with Crippen molar-refractivity contribution in [1.82, 2.24) is 4.90 Å². The monoisotopic (exact) mass is 491 g/mol. The highest BCUT2D eigenvalue weighted by molar-refractivity contribution is 5.93. The molecule has 1 aromatic rings. The average Bonchev–Trinajstić information content (AvgIpc) is 2.89. The van der Waals surface area contributed by atoms with Gasteiger partial charge in [-0.05, 0) is 72.3 Å². The number of nitrogens with zero attached hydrogens (tertiary/aromatic N) is 3. The smallest absolute Gasteiger partial charge is 0.295 e. The lowest BCUT2D eigenvalue weighted by molar-refractivity contribution is -0.156. The number of piperidine rings is 1. The van der Waals surface area contributed by atoms with Crippen LogP contribution in [0.15, 0.2) is 42.1 Å². The fraction of sp³-hybridized carbons (Fsp3) is 0.613. The van der Waals surface area contributed by atoms with Gasteiger partial charge in [-0.3, -0.25) is 4.79 Å². The molecule has 3 rings (SSSR count). The van der Waals surface area contributed by atoms with Crippen LogP contribution in [0.2, 0.25) is 0 Å². The van der Waals surface area contributed by atoms with E-state index in [1.54, 1.807) is 0 Å². The van der Waals surface area contributed by atoms with Gasteiger partial charge in [0.25, 0.3) is 5.71 Å². The standard InChI is InChI=1S/C31H45N3O2/c1-8-13-28(35)31(20-11-12-21-34(31)25-17-15-24(33-32)16-18-25)36-27-22-23(29(4,5)9-2)14-19-26(27)30(6,7)10-3/h14-15,17-19,22H,8-13,16,20-21H2,1-7H3. The number of ether oxygens (including phenoxy) is 1. The molecule has 0 bridgehead atoms. The highest BCUT2D eigenvalue weighted by atomic mass is 16.5. The van der Waals surface area contributed by atoms with Crippen LogP contribution in [-0.4, -0.2) is 33.5 Å². The van der Waals surface area contributed by atoms with Gasteiger partial charge in [0.1, 0.15) is 5.75 Å². The number of carbonyl (C=O) groups excluding carboxylic acids is 1. The van der Waals surface area contributed by atoms with Crippen molar-refractivity contribution in [2.75, 3.05) is 6.54 Å². The highest BCUT2D eigenvalue weighted by Gasteiger charge is 2.48. The first kappa shape index (κ1) is 27.9. The van der Waals surface area contributed by atoms with Gasteiger partial charge in [0.05, 0.1) is 6.42 Å². The van der Waals surface area contributed by atoms with E-state index in [1.807, 2.05) is 18.2 Å². The minimum Gasteiger partial charge on any atom is -0.460 e. The summed E-state index contributed by atoms with van der Waals surface area (Å²) in [5.74, 6) is 0.969. The van der Waals surface area contributed by atoms with Gasteiger partial charge in [0, 0.05) is 31.2 Å². The highest BCUT2D eigenvalue weighted by Crippen LogP contribution is 2.43. The number of likely N-dealkylation sites (tertiary alicyclic amines) is 1. The fourth-order valence-corrected chi connectivity index (χ4v) is 5.13. The minimum absolute atomic E-state index is 0.00844. The summed E-state index contributed by atoms with van der Waals surface area (Å²) in [6.45, 7) is 16.3. The summed E-state index contributed by atoms with van der Waals surface area (Å²) in [7, 11) is 0. The molecule has 1 unspecified atom stereocenters. The van der Waals surface area contributed by atoms with Crippen LogP contribution in [0.5, 0.6) is 5.75 Å². The van der Waals surface area contributed by atoms with Crippen LogP contribution in [0.25, 0.3) is 5.53 Å². The van der Waals surface area contributed by atoms with Gasteiger partial charge in [0.2, 0.25) is 5.72 Å². The Bertz CT molecular complexity index is 1080. The molecule has 1 saturated heterocycles. The van der Waals surface area contributed by atoms with E-state index in [2.05, 4.69) is 76.4 Å². The average molecular weight is 492 g/mol. The number of benzene rings is 1. The maximum Gasteiger partial charge on any atom is 0.295 e. The van der Waals surface area contributed by atoms with Crippen LogP contribution in [0.3, 0.4) is 0 Å².